The van der Waals surface area contributed by atoms with Gasteiger partial charge in [-0.2, -0.15) is 0 Å². The third-order valence-corrected chi connectivity index (χ3v) is 4.34. The maximum absolute atomic E-state index is 5.63. The van der Waals surface area contributed by atoms with Crippen LogP contribution in [0.4, 0.5) is 0 Å². The van der Waals surface area contributed by atoms with E-state index < -0.39 is 15.1 Å². The summed E-state index contributed by atoms with van der Waals surface area (Å²) in [5.74, 6) is 0. The van der Waals surface area contributed by atoms with Crippen LogP contribution in [0.15, 0.2) is 24.9 Å². The Morgan fingerprint density at radius 2 is 1.42 bits per heavy atom. The molecule has 0 aromatic rings. The van der Waals surface area contributed by atoms with E-state index in [9.17, 15) is 0 Å². The van der Waals surface area contributed by atoms with Gasteiger partial charge in [0.2, 0.25) is 0 Å². The fourth-order valence-corrected chi connectivity index (χ4v) is 2.90. The molecule has 0 aliphatic carbocycles. The van der Waals surface area contributed by atoms with Gasteiger partial charge < -0.3 is 22.8 Å². The molecule has 0 bridgehead atoms. The first-order chi connectivity index (χ1) is 9.09. The van der Waals surface area contributed by atoms with Crippen molar-refractivity contribution < 1.29 is 22.8 Å². The number of methoxy groups -OCH3 is 2. The lowest BCUT2D eigenvalue weighted by Gasteiger charge is -2.27. The number of allylic oxidation sites excluding steroid dienone is 1. The van der Waals surface area contributed by atoms with Crippen LogP contribution >= 0.6 is 0 Å². The first kappa shape index (κ1) is 20.8. The van der Waals surface area contributed by atoms with Crippen molar-refractivity contribution in [2.75, 3.05) is 34.0 Å². The summed E-state index contributed by atoms with van der Waals surface area (Å²) in [5, 5.41) is 0. The molecule has 0 N–H and O–H groups in total. The Hall–Kier alpha value is -0.503. The minimum Gasteiger partial charge on any atom is -0.371 e. The van der Waals surface area contributed by atoms with Crippen molar-refractivity contribution >= 4 is 8.80 Å². The maximum Gasteiger partial charge on any atom is 0.529 e. The average Bonchev–Trinajstić information content (AvgIpc) is 2.41. The zero-order valence-electron chi connectivity index (χ0n) is 12.8. The highest BCUT2D eigenvalue weighted by Crippen LogP contribution is 2.12. The second-order valence-corrected chi connectivity index (χ2v) is 5.78. The van der Waals surface area contributed by atoms with Gasteiger partial charge in [0.1, 0.15) is 0 Å². The molecule has 0 heterocycles. The van der Waals surface area contributed by atoms with Crippen molar-refractivity contribution in [3.63, 3.8) is 0 Å². The van der Waals surface area contributed by atoms with Crippen molar-refractivity contribution in [3.05, 3.63) is 24.9 Å². The van der Waals surface area contributed by atoms with Gasteiger partial charge in [-0.25, -0.2) is 0 Å². The van der Waals surface area contributed by atoms with Gasteiger partial charge in [0.15, 0.2) is 6.29 Å². The molecule has 6 heteroatoms. The Bertz CT molecular complexity index is 213. The fourth-order valence-electron chi connectivity index (χ4n) is 1.12. The monoisotopic (exact) mass is 292 g/mol. The van der Waals surface area contributed by atoms with Crippen LogP contribution in [0.5, 0.6) is 0 Å². The van der Waals surface area contributed by atoms with Gasteiger partial charge in [-0.1, -0.05) is 12.7 Å². The molecule has 0 aromatic heterocycles. The standard InChI is InChI=1S/C10H22O5Si.C3H6/c1-6-13-16(8-3,14-7-2)15-9-10(11-4)12-5;1-3-2/h8,10H,3,6-7,9H2,1-2,4-5H3;3H,1H2,2H3. The van der Waals surface area contributed by atoms with Crippen LogP contribution in [0.1, 0.15) is 20.8 Å². The lowest BCUT2D eigenvalue weighted by Crippen LogP contribution is -2.46. The van der Waals surface area contributed by atoms with Crippen molar-refractivity contribution in [2.45, 2.75) is 27.1 Å². The van der Waals surface area contributed by atoms with Crippen LogP contribution < -0.4 is 0 Å². The summed E-state index contributed by atoms with van der Waals surface area (Å²) in [6, 6.07) is 0. The zero-order chi connectivity index (χ0) is 15.1. The minimum atomic E-state index is -2.76. The third kappa shape index (κ3) is 10.0. The molecule has 0 aliphatic rings. The van der Waals surface area contributed by atoms with Gasteiger partial charge in [0.05, 0.1) is 6.61 Å². The Balaban J connectivity index is 0. The lowest BCUT2D eigenvalue weighted by atomic mass is 10.7. The Morgan fingerprint density at radius 1 is 1.00 bits per heavy atom. The van der Waals surface area contributed by atoms with Crippen molar-refractivity contribution in [1.29, 1.82) is 0 Å². The highest BCUT2D eigenvalue weighted by Gasteiger charge is 2.38. The van der Waals surface area contributed by atoms with E-state index in [2.05, 4.69) is 13.2 Å². The molecule has 0 saturated carbocycles. The second-order valence-electron chi connectivity index (χ2n) is 3.29. The average molecular weight is 292 g/mol. The summed E-state index contributed by atoms with van der Waals surface area (Å²) >= 11 is 0. The number of rotatable bonds is 10. The van der Waals surface area contributed by atoms with Gasteiger partial charge >= 0.3 is 8.80 Å². The first-order valence-electron chi connectivity index (χ1n) is 6.27. The molecule has 114 valence electrons. The SMILES string of the molecule is C=CC.C=C[Si](OCC)(OCC)OCC(OC)OC. The van der Waals surface area contributed by atoms with Gasteiger partial charge in [0, 0.05) is 27.4 Å². The van der Waals surface area contributed by atoms with E-state index in [1.807, 2.05) is 20.8 Å². The molecule has 0 unspecified atom stereocenters. The summed E-state index contributed by atoms with van der Waals surface area (Å²) in [4.78, 5) is 0. The summed E-state index contributed by atoms with van der Waals surface area (Å²) in [6.45, 7) is 14.0. The molecule has 0 saturated heterocycles. The van der Waals surface area contributed by atoms with E-state index >= 15 is 0 Å². The number of ether oxygens (including phenoxy) is 2. The highest BCUT2D eigenvalue weighted by atomic mass is 28.4. The van der Waals surface area contributed by atoms with Crippen LogP contribution in [0.3, 0.4) is 0 Å². The van der Waals surface area contributed by atoms with E-state index in [1.165, 1.54) is 0 Å². The molecule has 0 spiro atoms. The summed E-state index contributed by atoms with van der Waals surface area (Å²) in [5.41, 5.74) is 1.61. The third-order valence-electron chi connectivity index (χ3n) is 1.89. The van der Waals surface area contributed by atoms with E-state index in [0.29, 0.717) is 13.2 Å². The molecule has 5 nitrogen and oxygen atoms in total. The maximum atomic E-state index is 5.63. The molecule has 0 fully saturated rings. The van der Waals surface area contributed by atoms with Gasteiger partial charge in [-0.05, 0) is 26.5 Å². The van der Waals surface area contributed by atoms with Crippen LogP contribution in [-0.4, -0.2) is 49.1 Å². The Morgan fingerprint density at radius 3 is 1.68 bits per heavy atom. The quantitative estimate of drug-likeness (QED) is 0.352. The molecular weight excluding hydrogens is 264 g/mol. The predicted octanol–water partition coefficient (Wildman–Crippen LogP) is 2.55. The number of hydrogen-bond donors (Lipinski definition) is 0. The van der Waals surface area contributed by atoms with Gasteiger partial charge in [-0.3, -0.25) is 0 Å². The fraction of sp³-hybridized carbons (Fsp3) is 0.692. The van der Waals surface area contributed by atoms with Crippen LogP contribution in [0.2, 0.25) is 0 Å². The molecule has 0 aromatic carbocycles. The zero-order valence-corrected chi connectivity index (χ0v) is 13.8. The van der Waals surface area contributed by atoms with E-state index in [-0.39, 0.29) is 6.61 Å². The minimum absolute atomic E-state index is 0.255. The van der Waals surface area contributed by atoms with E-state index in [4.69, 9.17) is 22.8 Å². The van der Waals surface area contributed by atoms with Gasteiger partial charge in [-0.15, -0.1) is 6.58 Å². The summed E-state index contributed by atoms with van der Waals surface area (Å²) in [6.07, 6.45) is 1.33. The normalized spacial score (nSPS) is 10.8. The molecule has 0 amide bonds. The predicted molar refractivity (Wildman–Crippen MR) is 78.8 cm³/mol. The van der Waals surface area contributed by atoms with Crippen LogP contribution in [-0.2, 0) is 22.8 Å². The number of hydrogen-bond acceptors (Lipinski definition) is 5. The van der Waals surface area contributed by atoms with Crippen LogP contribution in [0, 0.1) is 0 Å². The Kier molecular flexibility index (Phi) is 15.2. The molecular formula is C13H28O5Si. The molecule has 0 atom stereocenters. The highest BCUT2D eigenvalue weighted by molar-refractivity contribution is 6.66. The van der Waals surface area contributed by atoms with Crippen molar-refractivity contribution in [3.8, 4) is 0 Å². The lowest BCUT2D eigenvalue weighted by molar-refractivity contribution is -0.131. The molecule has 19 heavy (non-hydrogen) atoms. The van der Waals surface area contributed by atoms with Crippen molar-refractivity contribution in [1.82, 2.24) is 0 Å². The van der Waals surface area contributed by atoms with Gasteiger partial charge in [0.25, 0.3) is 0 Å². The second kappa shape index (κ2) is 13.9. The Labute approximate surface area is 118 Å². The van der Waals surface area contributed by atoms with Crippen LogP contribution in [0.25, 0.3) is 0 Å². The summed E-state index contributed by atoms with van der Waals surface area (Å²) < 4.78 is 26.7. The molecule has 0 radical (unpaired) electrons. The topological polar surface area (TPSA) is 46.2 Å². The summed E-state index contributed by atoms with van der Waals surface area (Å²) in [7, 11) is 0.342. The smallest absolute Gasteiger partial charge is 0.371 e. The van der Waals surface area contributed by atoms with E-state index in [0.717, 1.165) is 0 Å². The molecule has 0 rings (SSSR count). The first-order valence-corrected chi connectivity index (χ1v) is 8.07. The van der Waals surface area contributed by atoms with Crippen molar-refractivity contribution in [2.24, 2.45) is 0 Å². The van der Waals surface area contributed by atoms with E-state index in [1.54, 1.807) is 26.0 Å². The largest absolute Gasteiger partial charge is 0.529 e. The molecule has 0 aliphatic heterocycles.